The van der Waals surface area contributed by atoms with E-state index in [1.54, 1.807) is 36.0 Å². The van der Waals surface area contributed by atoms with Crippen molar-refractivity contribution in [2.45, 2.75) is 46.3 Å². The molecule has 0 aliphatic heterocycles. The van der Waals surface area contributed by atoms with E-state index in [9.17, 15) is 13.2 Å². The van der Waals surface area contributed by atoms with Gasteiger partial charge in [0.2, 0.25) is 5.91 Å². The lowest BCUT2D eigenvalue weighted by Gasteiger charge is -2.35. The van der Waals surface area contributed by atoms with Crippen molar-refractivity contribution in [1.29, 1.82) is 0 Å². The number of thioether (sulfide) groups is 1. The number of rotatable bonds is 4. The molecule has 1 amide bonds. The first kappa shape index (κ1) is 16.3. The fraction of sp³-hybridized carbons (Fsp3) is 0.500. The molecule has 2 atom stereocenters. The highest BCUT2D eigenvalue weighted by Gasteiger charge is 2.38. The summed E-state index contributed by atoms with van der Waals surface area (Å²) in [5.74, 6) is -0.444. The number of nitrogens with two attached hydrogens (primary N) is 2. The van der Waals surface area contributed by atoms with Gasteiger partial charge in [-0.1, -0.05) is 0 Å². The van der Waals surface area contributed by atoms with Gasteiger partial charge in [-0.3, -0.25) is 4.79 Å². The average molecular weight is 328 g/mol. The van der Waals surface area contributed by atoms with Crippen LogP contribution in [0.15, 0.2) is 34.1 Å². The summed E-state index contributed by atoms with van der Waals surface area (Å²) >= 11 is 1.62. The Morgan fingerprint density at radius 3 is 2.48 bits per heavy atom. The second kappa shape index (κ2) is 5.98. The summed E-state index contributed by atoms with van der Waals surface area (Å²) in [6.07, 6.45) is 4.22. The van der Waals surface area contributed by atoms with Crippen LogP contribution in [0, 0.1) is 0 Å². The van der Waals surface area contributed by atoms with E-state index in [2.05, 4.69) is 0 Å². The van der Waals surface area contributed by atoms with Crippen molar-refractivity contribution in [2.75, 3.05) is 6.26 Å². The minimum Gasteiger partial charge on any atom is -0.368 e. The van der Waals surface area contributed by atoms with Crippen LogP contribution in [0.3, 0.4) is 0 Å². The van der Waals surface area contributed by atoms with Crippen molar-refractivity contribution in [1.82, 2.24) is 0 Å². The molecule has 0 saturated heterocycles. The molecule has 1 aliphatic rings. The standard InChI is InChI=1S/C14H20N2O3S2/c1-21(18,19)12-6-4-10(5-7-12)20-11-3-2-8-14(16,9-11)13(15)17/h4-7,11H,2-3,8-9,16H2,1H3,(H2,15,17). The minimum absolute atomic E-state index is 0.223. The zero-order valence-corrected chi connectivity index (χ0v) is 13.5. The SMILES string of the molecule is CS(=O)(=O)c1ccc(SC2CCCC(N)(C(N)=O)C2)cc1. The highest BCUT2D eigenvalue weighted by molar-refractivity contribution is 8.00. The van der Waals surface area contributed by atoms with Crippen LogP contribution in [0.1, 0.15) is 25.7 Å². The summed E-state index contributed by atoms with van der Waals surface area (Å²) in [5.41, 5.74) is 10.5. The van der Waals surface area contributed by atoms with Crippen LogP contribution < -0.4 is 11.5 Å². The van der Waals surface area contributed by atoms with Crippen molar-refractivity contribution in [3.63, 3.8) is 0 Å². The van der Waals surface area contributed by atoms with Gasteiger partial charge in [-0.15, -0.1) is 11.8 Å². The highest BCUT2D eigenvalue weighted by Crippen LogP contribution is 2.37. The van der Waals surface area contributed by atoms with E-state index >= 15 is 0 Å². The van der Waals surface area contributed by atoms with Crippen molar-refractivity contribution >= 4 is 27.5 Å². The number of carbonyl (C=O) groups excluding carboxylic acids is 1. The first-order chi connectivity index (χ1) is 9.71. The zero-order valence-electron chi connectivity index (χ0n) is 11.9. The van der Waals surface area contributed by atoms with E-state index in [1.165, 1.54) is 6.26 Å². The third-order valence-corrected chi connectivity index (χ3v) is 6.19. The summed E-state index contributed by atoms with van der Waals surface area (Å²) < 4.78 is 22.8. The van der Waals surface area contributed by atoms with E-state index in [0.717, 1.165) is 17.7 Å². The van der Waals surface area contributed by atoms with Crippen LogP contribution >= 0.6 is 11.8 Å². The van der Waals surface area contributed by atoms with Gasteiger partial charge < -0.3 is 11.5 Å². The van der Waals surface area contributed by atoms with Crippen molar-refractivity contribution in [3.8, 4) is 0 Å². The average Bonchev–Trinajstić information content (AvgIpc) is 2.38. The highest BCUT2D eigenvalue weighted by atomic mass is 32.2. The first-order valence-electron chi connectivity index (χ1n) is 6.76. The predicted molar refractivity (Wildman–Crippen MR) is 83.8 cm³/mol. The molecular formula is C14H20N2O3S2. The molecule has 2 rings (SSSR count). The quantitative estimate of drug-likeness (QED) is 0.867. The third kappa shape index (κ3) is 3.99. The Morgan fingerprint density at radius 2 is 1.95 bits per heavy atom. The summed E-state index contributed by atoms with van der Waals surface area (Å²) in [6.45, 7) is 0. The smallest absolute Gasteiger partial charge is 0.237 e. The Bertz CT molecular complexity index is 628. The van der Waals surface area contributed by atoms with Gasteiger partial charge in [0, 0.05) is 16.4 Å². The largest absolute Gasteiger partial charge is 0.368 e. The minimum atomic E-state index is -3.17. The van der Waals surface area contributed by atoms with E-state index in [-0.39, 0.29) is 5.25 Å². The Labute approximate surface area is 129 Å². The van der Waals surface area contributed by atoms with Crippen LogP contribution in [0.5, 0.6) is 0 Å². The number of carbonyl (C=O) groups is 1. The van der Waals surface area contributed by atoms with Gasteiger partial charge >= 0.3 is 0 Å². The first-order valence-corrected chi connectivity index (χ1v) is 9.53. The van der Waals surface area contributed by atoms with E-state index < -0.39 is 21.3 Å². The molecule has 21 heavy (non-hydrogen) atoms. The third-order valence-electron chi connectivity index (χ3n) is 3.79. The van der Waals surface area contributed by atoms with Gasteiger partial charge in [-0.25, -0.2) is 8.42 Å². The molecule has 1 fully saturated rings. The van der Waals surface area contributed by atoms with Crippen molar-refractivity contribution in [3.05, 3.63) is 24.3 Å². The second-order valence-electron chi connectivity index (χ2n) is 5.60. The normalized spacial score (nSPS) is 26.5. The molecule has 1 aromatic carbocycles. The zero-order chi connectivity index (χ0) is 15.7. The fourth-order valence-electron chi connectivity index (χ4n) is 2.54. The fourth-order valence-corrected chi connectivity index (χ4v) is 4.51. The molecule has 1 aliphatic carbocycles. The summed E-state index contributed by atoms with van der Waals surface area (Å²) in [5, 5.41) is 0.223. The summed E-state index contributed by atoms with van der Waals surface area (Å²) in [7, 11) is -3.17. The molecular weight excluding hydrogens is 308 g/mol. The van der Waals surface area contributed by atoms with Crippen molar-refractivity contribution < 1.29 is 13.2 Å². The number of amides is 1. The van der Waals surface area contributed by atoms with E-state index in [4.69, 9.17) is 11.5 Å². The molecule has 0 radical (unpaired) electrons. The molecule has 0 bridgehead atoms. The Balaban J connectivity index is 2.06. The lowest BCUT2D eigenvalue weighted by molar-refractivity contribution is -0.124. The summed E-state index contributed by atoms with van der Waals surface area (Å²) in [6, 6.07) is 6.78. The molecule has 0 heterocycles. The number of sulfone groups is 1. The van der Waals surface area contributed by atoms with Crippen LogP contribution in [-0.4, -0.2) is 31.4 Å². The van der Waals surface area contributed by atoms with Crippen molar-refractivity contribution in [2.24, 2.45) is 11.5 Å². The maximum absolute atomic E-state index is 11.5. The van der Waals surface area contributed by atoms with Crippen LogP contribution in [-0.2, 0) is 14.6 Å². The Morgan fingerprint density at radius 1 is 1.33 bits per heavy atom. The van der Waals surface area contributed by atoms with Crippen LogP contribution in [0.25, 0.3) is 0 Å². The summed E-state index contributed by atoms with van der Waals surface area (Å²) in [4.78, 5) is 12.7. The van der Waals surface area contributed by atoms with Gasteiger partial charge in [-0.2, -0.15) is 0 Å². The molecule has 2 unspecified atom stereocenters. The van der Waals surface area contributed by atoms with Gasteiger partial charge in [-0.05, 0) is 49.9 Å². The lowest BCUT2D eigenvalue weighted by Crippen LogP contribution is -2.55. The number of hydrogen-bond donors (Lipinski definition) is 2. The van der Waals surface area contributed by atoms with Gasteiger partial charge in [0.25, 0.3) is 0 Å². The predicted octanol–water partition coefficient (Wildman–Crippen LogP) is 1.31. The number of hydrogen-bond acceptors (Lipinski definition) is 5. The molecule has 5 nitrogen and oxygen atoms in total. The van der Waals surface area contributed by atoms with Crippen LogP contribution in [0.4, 0.5) is 0 Å². The maximum Gasteiger partial charge on any atom is 0.237 e. The molecule has 1 saturated carbocycles. The molecule has 4 N–H and O–H groups in total. The molecule has 0 aromatic heterocycles. The molecule has 7 heteroatoms. The maximum atomic E-state index is 11.5. The van der Waals surface area contributed by atoms with E-state index in [0.29, 0.717) is 17.7 Å². The van der Waals surface area contributed by atoms with E-state index in [1.807, 2.05) is 0 Å². The van der Waals surface area contributed by atoms with Crippen LogP contribution in [0.2, 0.25) is 0 Å². The Kier molecular flexibility index (Phi) is 4.65. The second-order valence-corrected chi connectivity index (χ2v) is 8.99. The van der Waals surface area contributed by atoms with Gasteiger partial charge in [0.15, 0.2) is 9.84 Å². The number of benzene rings is 1. The lowest BCUT2D eigenvalue weighted by atomic mass is 9.82. The molecule has 1 aromatic rings. The molecule has 0 spiro atoms. The van der Waals surface area contributed by atoms with Gasteiger partial charge in [0.1, 0.15) is 0 Å². The Hall–Kier alpha value is -1.05. The van der Waals surface area contributed by atoms with Gasteiger partial charge in [0.05, 0.1) is 10.4 Å². The monoisotopic (exact) mass is 328 g/mol. The number of primary amides is 1. The molecule has 116 valence electrons. The topological polar surface area (TPSA) is 103 Å².